The van der Waals surface area contributed by atoms with Gasteiger partial charge in [-0.15, -0.1) is 24.5 Å². The van der Waals surface area contributed by atoms with Crippen molar-refractivity contribution in [3.05, 3.63) is 49.9 Å². The van der Waals surface area contributed by atoms with E-state index in [0.29, 0.717) is 29.8 Å². The van der Waals surface area contributed by atoms with Gasteiger partial charge in [0.05, 0.1) is 36.8 Å². The summed E-state index contributed by atoms with van der Waals surface area (Å²) in [7, 11) is 1.26. The van der Waals surface area contributed by atoms with E-state index in [1.807, 2.05) is 0 Å². The quantitative estimate of drug-likeness (QED) is 0.468. The summed E-state index contributed by atoms with van der Waals surface area (Å²) in [6.07, 6.45) is -4.18. The van der Waals surface area contributed by atoms with Crippen LogP contribution in [0.2, 0.25) is 5.02 Å². The number of halogens is 5. The van der Waals surface area contributed by atoms with Crippen molar-refractivity contribution < 1.29 is 31.8 Å². The molecule has 1 atom stereocenters. The molecule has 1 aromatic carbocycles. The number of carbonyl (C=O) groups is 1. The average molecular weight is 550 g/mol. The fourth-order valence-electron chi connectivity index (χ4n) is 4.14. The van der Waals surface area contributed by atoms with Crippen LogP contribution in [0.1, 0.15) is 25.3 Å². The molecule has 1 aliphatic rings. The predicted octanol–water partition coefficient (Wildman–Crippen LogP) is 4.07. The van der Waals surface area contributed by atoms with Crippen molar-refractivity contribution in [1.82, 2.24) is 14.5 Å². The molecular formula is C22H20ClF4N3O5S. The summed E-state index contributed by atoms with van der Waals surface area (Å²) < 4.78 is 62.7. The van der Waals surface area contributed by atoms with Gasteiger partial charge < -0.3 is 10.1 Å². The van der Waals surface area contributed by atoms with Crippen LogP contribution in [0.15, 0.2) is 27.8 Å². The highest BCUT2D eigenvalue weighted by molar-refractivity contribution is 7.22. The number of aromatic nitrogens is 2. The molecule has 0 bridgehead atoms. The van der Waals surface area contributed by atoms with Gasteiger partial charge in [0.15, 0.2) is 11.6 Å². The van der Waals surface area contributed by atoms with Crippen LogP contribution in [-0.2, 0) is 16.1 Å². The van der Waals surface area contributed by atoms with Crippen LogP contribution in [0.5, 0.6) is 5.75 Å². The maximum Gasteiger partial charge on any atom is 0.522 e. The third kappa shape index (κ3) is 5.27. The van der Waals surface area contributed by atoms with Crippen LogP contribution in [0.3, 0.4) is 0 Å². The second-order valence-corrected chi connectivity index (χ2v) is 9.50. The maximum atomic E-state index is 14.0. The largest absolute Gasteiger partial charge is 0.522 e. The van der Waals surface area contributed by atoms with E-state index >= 15 is 0 Å². The number of benzene rings is 1. The first-order valence-corrected chi connectivity index (χ1v) is 12.0. The zero-order valence-corrected chi connectivity index (χ0v) is 20.4. The first-order valence-electron chi connectivity index (χ1n) is 10.8. The van der Waals surface area contributed by atoms with E-state index in [-0.39, 0.29) is 33.3 Å². The molecule has 1 saturated heterocycles. The minimum absolute atomic E-state index is 0.00919. The minimum atomic E-state index is -4.91. The van der Waals surface area contributed by atoms with E-state index in [1.54, 1.807) is 0 Å². The van der Waals surface area contributed by atoms with Gasteiger partial charge in [-0.3, -0.25) is 23.5 Å². The molecule has 2 aromatic heterocycles. The van der Waals surface area contributed by atoms with E-state index in [9.17, 15) is 31.9 Å². The van der Waals surface area contributed by atoms with Crippen molar-refractivity contribution in [2.45, 2.75) is 38.2 Å². The molecule has 3 heterocycles. The molecule has 0 aliphatic carbocycles. The van der Waals surface area contributed by atoms with E-state index in [2.05, 4.69) is 10.1 Å². The molecule has 1 fully saturated rings. The topological polar surface area (TPSA) is 91.6 Å². The Morgan fingerprint density at radius 3 is 2.67 bits per heavy atom. The number of nitrogens with one attached hydrogen (secondary N) is 1. The van der Waals surface area contributed by atoms with Crippen LogP contribution >= 0.6 is 22.9 Å². The van der Waals surface area contributed by atoms with E-state index in [1.165, 1.54) is 19.2 Å². The lowest BCUT2D eigenvalue weighted by molar-refractivity contribution is -0.325. The second-order valence-electron chi connectivity index (χ2n) is 8.05. The number of fused-ring (bicyclic) bond motifs is 1. The molecular weight excluding hydrogens is 530 g/mol. The average Bonchev–Trinajstić information content (AvgIpc) is 3.12. The van der Waals surface area contributed by atoms with Crippen molar-refractivity contribution in [2.75, 3.05) is 20.3 Å². The standard InChI is InChI=1S/C22H20ClF4N3O5S/c1-34-16-8-12(13(23)9-14(16)24)17-10-15-19(36-17)20(32)30(11-3-2-4-28-18(31)7-11)21(33)29(15)5-6-35-22(25,26)27/h8-11H,2-7H2,1H3,(H,28,31)/t11-/m1/s1. The molecule has 0 unspecified atom stereocenters. The normalized spacial score (nSPS) is 16.7. The molecule has 0 saturated carbocycles. The molecule has 1 N–H and O–H groups in total. The van der Waals surface area contributed by atoms with Crippen molar-refractivity contribution >= 4 is 39.1 Å². The Labute approximate surface area is 210 Å². The molecule has 1 amide bonds. The molecule has 36 heavy (non-hydrogen) atoms. The molecule has 0 spiro atoms. The number of carbonyl (C=O) groups excluding carboxylic acids is 1. The Hall–Kier alpha value is -2.90. The van der Waals surface area contributed by atoms with Crippen LogP contribution in [0.4, 0.5) is 17.6 Å². The summed E-state index contributed by atoms with van der Waals surface area (Å²) >= 11 is 7.17. The first-order chi connectivity index (χ1) is 17.0. The van der Waals surface area contributed by atoms with Gasteiger partial charge in [-0.05, 0) is 31.0 Å². The summed E-state index contributed by atoms with van der Waals surface area (Å²) in [5.41, 5.74) is -1.15. The SMILES string of the molecule is COc1cc(-c2cc3c(s2)c(=O)n([C@@H]2CCCNC(=O)C2)c(=O)n3CCOC(F)(F)F)c(Cl)cc1F. The Balaban J connectivity index is 1.91. The number of thiophene rings is 1. The van der Waals surface area contributed by atoms with Crippen molar-refractivity contribution in [2.24, 2.45) is 0 Å². The maximum absolute atomic E-state index is 14.0. The fraction of sp³-hybridized carbons (Fsp3) is 0.409. The summed E-state index contributed by atoms with van der Waals surface area (Å²) in [6.45, 7) is -1.00. The van der Waals surface area contributed by atoms with Gasteiger partial charge in [-0.25, -0.2) is 9.18 Å². The van der Waals surface area contributed by atoms with Crippen LogP contribution in [0.25, 0.3) is 20.7 Å². The van der Waals surface area contributed by atoms with Gasteiger partial charge in [0.2, 0.25) is 5.91 Å². The Morgan fingerprint density at radius 2 is 1.97 bits per heavy atom. The Bertz CT molecular complexity index is 1430. The Morgan fingerprint density at radius 1 is 1.22 bits per heavy atom. The van der Waals surface area contributed by atoms with E-state index < -0.39 is 42.6 Å². The number of ether oxygens (including phenoxy) is 2. The number of alkyl halides is 3. The monoisotopic (exact) mass is 549 g/mol. The highest BCUT2D eigenvalue weighted by Crippen LogP contribution is 2.39. The lowest BCUT2D eigenvalue weighted by atomic mass is 10.1. The lowest BCUT2D eigenvalue weighted by Crippen LogP contribution is -2.43. The summed E-state index contributed by atoms with van der Waals surface area (Å²) in [5.74, 6) is -1.15. The zero-order chi connectivity index (χ0) is 26.2. The van der Waals surface area contributed by atoms with Crippen LogP contribution in [0, 0.1) is 5.82 Å². The number of amides is 1. The molecule has 3 aromatic rings. The summed E-state index contributed by atoms with van der Waals surface area (Å²) in [6, 6.07) is 3.02. The summed E-state index contributed by atoms with van der Waals surface area (Å²) in [4.78, 5) is 39.3. The number of hydrogen-bond donors (Lipinski definition) is 1. The first kappa shape index (κ1) is 26.2. The number of methoxy groups -OCH3 is 1. The highest BCUT2D eigenvalue weighted by atomic mass is 35.5. The molecule has 14 heteroatoms. The molecule has 194 valence electrons. The zero-order valence-electron chi connectivity index (χ0n) is 18.8. The van der Waals surface area contributed by atoms with E-state index in [0.717, 1.165) is 26.5 Å². The van der Waals surface area contributed by atoms with Gasteiger partial charge in [0.1, 0.15) is 4.70 Å². The van der Waals surface area contributed by atoms with Gasteiger partial charge in [-0.2, -0.15) is 0 Å². The highest BCUT2D eigenvalue weighted by Gasteiger charge is 2.30. The molecule has 0 radical (unpaired) electrons. The number of rotatable bonds is 6. The number of nitrogens with zero attached hydrogens (tertiary/aromatic N) is 2. The van der Waals surface area contributed by atoms with Crippen LogP contribution in [-0.4, -0.2) is 41.7 Å². The van der Waals surface area contributed by atoms with Gasteiger partial charge in [0.25, 0.3) is 5.56 Å². The predicted molar refractivity (Wildman–Crippen MR) is 125 cm³/mol. The second kappa shape index (κ2) is 10.2. The minimum Gasteiger partial charge on any atom is -0.494 e. The Kier molecular flexibility index (Phi) is 7.43. The third-order valence-electron chi connectivity index (χ3n) is 5.76. The molecule has 4 rings (SSSR count). The van der Waals surface area contributed by atoms with Crippen LogP contribution < -0.4 is 21.3 Å². The molecule has 1 aliphatic heterocycles. The van der Waals surface area contributed by atoms with Gasteiger partial charge in [-0.1, -0.05) is 11.6 Å². The van der Waals surface area contributed by atoms with Crippen molar-refractivity contribution in [3.63, 3.8) is 0 Å². The van der Waals surface area contributed by atoms with Gasteiger partial charge >= 0.3 is 12.1 Å². The lowest BCUT2D eigenvalue weighted by Gasteiger charge is -2.18. The smallest absolute Gasteiger partial charge is 0.494 e. The fourth-order valence-corrected chi connectivity index (χ4v) is 5.57. The van der Waals surface area contributed by atoms with Crippen molar-refractivity contribution in [1.29, 1.82) is 0 Å². The number of hydrogen-bond acceptors (Lipinski definition) is 6. The summed E-state index contributed by atoms with van der Waals surface area (Å²) in [5, 5.41) is 2.68. The van der Waals surface area contributed by atoms with Crippen molar-refractivity contribution in [3.8, 4) is 16.2 Å². The van der Waals surface area contributed by atoms with E-state index in [4.69, 9.17) is 16.3 Å². The molecule has 8 nitrogen and oxygen atoms in total. The third-order valence-corrected chi connectivity index (χ3v) is 7.22. The van der Waals surface area contributed by atoms with Gasteiger partial charge in [0, 0.05) is 23.4 Å².